The quantitative estimate of drug-likeness (QED) is 0.597. The highest BCUT2D eigenvalue weighted by Gasteiger charge is 2.05. The maximum atomic E-state index is 10.6. The predicted molar refractivity (Wildman–Crippen MR) is 69.8 cm³/mol. The molecule has 2 aromatic carbocycles. The van der Waals surface area contributed by atoms with E-state index >= 15 is 0 Å². The number of para-hydroxylation sites is 1. The number of methoxy groups -OCH3 is 1. The molecule has 0 saturated heterocycles. The van der Waals surface area contributed by atoms with Gasteiger partial charge in [-0.05, 0) is 11.6 Å². The first-order valence-corrected chi connectivity index (χ1v) is 5.61. The monoisotopic (exact) mass is 242 g/mol. The lowest BCUT2D eigenvalue weighted by atomic mass is 10.0. The van der Waals surface area contributed by atoms with Gasteiger partial charge in [0.15, 0.2) is 6.79 Å². The summed E-state index contributed by atoms with van der Waals surface area (Å²) in [4.78, 5) is 10.6. The van der Waals surface area contributed by atoms with Crippen LogP contribution < -0.4 is 4.74 Å². The third-order valence-electron chi connectivity index (χ3n) is 2.58. The van der Waals surface area contributed by atoms with Crippen molar-refractivity contribution >= 4 is 6.29 Å². The van der Waals surface area contributed by atoms with Crippen LogP contribution >= 0.6 is 0 Å². The van der Waals surface area contributed by atoms with Gasteiger partial charge in [0.05, 0.1) is 0 Å². The Morgan fingerprint density at radius 1 is 1.06 bits per heavy atom. The number of hydrogen-bond donors (Lipinski definition) is 0. The van der Waals surface area contributed by atoms with Crippen LogP contribution in [0.2, 0.25) is 0 Å². The summed E-state index contributed by atoms with van der Waals surface area (Å²) in [5, 5.41) is 0. The van der Waals surface area contributed by atoms with E-state index in [1.807, 2.05) is 36.4 Å². The van der Waals surface area contributed by atoms with E-state index in [1.165, 1.54) is 0 Å². The molecule has 0 aliphatic carbocycles. The van der Waals surface area contributed by atoms with Crippen LogP contribution in [0.5, 0.6) is 5.75 Å². The van der Waals surface area contributed by atoms with Crippen LogP contribution in [0.15, 0.2) is 48.5 Å². The highest BCUT2D eigenvalue weighted by atomic mass is 16.7. The first-order valence-electron chi connectivity index (χ1n) is 5.61. The maximum Gasteiger partial charge on any atom is 0.188 e. The summed E-state index contributed by atoms with van der Waals surface area (Å²) in [5.74, 6) is 0.762. The van der Waals surface area contributed by atoms with E-state index in [-0.39, 0.29) is 6.79 Å². The van der Waals surface area contributed by atoms with Crippen molar-refractivity contribution in [3.05, 3.63) is 54.1 Å². The van der Waals surface area contributed by atoms with Crippen LogP contribution in [0.1, 0.15) is 10.4 Å². The highest BCUT2D eigenvalue weighted by Crippen LogP contribution is 2.29. The highest BCUT2D eigenvalue weighted by molar-refractivity contribution is 5.78. The summed E-state index contributed by atoms with van der Waals surface area (Å²) in [5.41, 5.74) is 2.65. The van der Waals surface area contributed by atoms with Gasteiger partial charge >= 0.3 is 0 Å². The van der Waals surface area contributed by atoms with E-state index in [4.69, 9.17) is 9.47 Å². The van der Waals surface area contributed by atoms with Gasteiger partial charge in [-0.2, -0.15) is 0 Å². The van der Waals surface area contributed by atoms with Crippen LogP contribution in [-0.4, -0.2) is 20.2 Å². The Kier molecular flexibility index (Phi) is 4.10. The number of benzene rings is 2. The van der Waals surface area contributed by atoms with Crippen molar-refractivity contribution in [2.24, 2.45) is 0 Å². The molecule has 0 spiro atoms. The van der Waals surface area contributed by atoms with Gasteiger partial charge in [0, 0.05) is 18.2 Å². The van der Waals surface area contributed by atoms with Gasteiger partial charge in [0.25, 0.3) is 0 Å². The van der Waals surface area contributed by atoms with Crippen LogP contribution in [0.4, 0.5) is 0 Å². The fourth-order valence-corrected chi connectivity index (χ4v) is 1.69. The van der Waals surface area contributed by atoms with Crippen LogP contribution in [0, 0.1) is 0 Å². The number of aldehydes is 1. The number of rotatable bonds is 5. The Morgan fingerprint density at radius 3 is 2.44 bits per heavy atom. The molecular formula is C15H14O3. The van der Waals surface area contributed by atoms with E-state index in [9.17, 15) is 4.79 Å². The maximum absolute atomic E-state index is 10.6. The standard InChI is InChI=1S/C15H14O3/c1-17-11-18-15-5-3-2-4-14(15)13-8-6-12(10-16)7-9-13/h2-10H,11H2,1H3. The zero-order valence-electron chi connectivity index (χ0n) is 10.1. The molecule has 2 aromatic rings. The summed E-state index contributed by atoms with van der Waals surface area (Å²) in [6, 6.07) is 15.1. The van der Waals surface area contributed by atoms with E-state index in [2.05, 4.69) is 0 Å². The number of carbonyl (C=O) groups is 1. The van der Waals surface area contributed by atoms with Crippen molar-refractivity contribution in [3.63, 3.8) is 0 Å². The molecular weight excluding hydrogens is 228 g/mol. The van der Waals surface area contributed by atoms with Gasteiger partial charge in [-0.1, -0.05) is 42.5 Å². The molecule has 0 heterocycles. The normalized spacial score (nSPS) is 10.1. The lowest BCUT2D eigenvalue weighted by Gasteiger charge is -2.10. The van der Waals surface area contributed by atoms with Crippen molar-refractivity contribution in [2.75, 3.05) is 13.9 Å². The van der Waals surface area contributed by atoms with Crippen molar-refractivity contribution in [2.45, 2.75) is 0 Å². The zero-order valence-corrected chi connectivity index (χ0v) is 10.1. The molecule has 0 aliphatic heterocycles. The SMILES string of the molecule is COCOc1ccccc1-c1ccc(C=O)cc1. The van der Waals surface area contributed by atoms with Crippen molar-refractivity contribution in [1.29, 1.82) is 0 Å². The largest absolute Gasteiger partial charge is 0.467 e. The Morgan fingerprint density at radius 2 is 1.78 bits per heavy atom. The first kappa shape index (κ1) is 12.3. The average Bonchev–Trinajstić information content (AvgIpc) is 2.45. The lowest BCUT2D eigenvalue weighted by molar-refractivity contribution is 0.0515. The minimum atomic E-state index is 0.212. The minimum absolute atomic E-state index is 0.212. The lowest BCUT2D eigenvalue weighted by Crippen LogP contribution is -2.00. The Labute approximate surface area is 106 Å². The van der Waals surface area contributed by atoms with Gasteiger partial charge in [-0.3, -0.25) is 4.79 Å². The fourth-order valence-electron chi connectivity index (χ4n) is 1.69. The minimum Gasteiger partial charge on any atom is -0.467 e. The second kappa shape index (κ2) is 5.98. The molecule has 3 heteroatoms. The fraction of sp³-hybridized carbons (Fsp3) is 0.133. The van der Waals surface area contributed by atoms with Crippen molar-refractivity contribution in [3.8, 4) is 16.9 Å². The van der Waals surface area contributed by atoms with E-state index in [0.29, 0.717) is 5.56 Å². The van der Waals surface area contributed by atoms with Crippen LogP contribution in [0.3, 0.4) is 0 Å². The summed E-state index contributed by atoms with van der Waals surface area (Å²) in [6.07, 6.45) is 0.830. The molecule has 0 aromatic heterocycles. The second-order valence-electron chi connectivity index (χ2n) is 3.79. The third-order valence-corrected chi connectivity index (χ3v) is 2.58. The van der Waals surface area contributed by atoms with Gasteiger partial charge in [-0.25, -0.2) is 0 Å². The molecule has 0 fully saturated rings. The summed E-state index contributed by atoms with van der Waals surface area (Å²) >= 11 is 0. The van der Waals surface area contributed by atoms with Gasteiger partial charge < -0.3 is 9.47 Å². The predicted octanol–water partition coefficient (Wildman–Crippen LogP) is 3.15. The van der Waals surface area contributed by atoms with Crippen LogP contribution in [-0.2, 0) is 4.74 Å². The summed E-state index contributed by atoms with van der Waals surface area (Å²) in [6.45, 7) is 0.212. The Balaban J connectivity index is 2.33. The topological polar surface area (TPSA) is 35.5 Å². The van der Waals surface area contributed by atoms with Gasteiger partial charge in [0.2, 0.25) is 0 Å². The Hall–Kier alpha value is -2.13. The smallest absolute Gasteiger partial charge is 0.188 e. The second-order valence-corrected chi connectivity index (χ2v) is 3.79. The zero-order chi connectivity index (χ0) is 12.8. The molecule has 0 amide bonds. The molecule has 0 N–H and O–H groups in total. The number of hydrogen-bond acceptors (Lipinski definition) is 3. The third kappa shape index (κ3) is 2.76. The molecule has 0 bridgehead atoms. The molecule has 92 valence electrons. The molecule has 18 heavy (non-hydrogen) atoms. The molecule has 0 atom stereocenters. The number of carbonyl (C=O) groups excluding carboxylic acids is 1. The first-order chi connectivity index (χ1) is 8.85. The van der Waals surface area contributed by atoms with E-state index in [0.717, 1.165) is 23.2 Å². The van der Waals surface area contributed by atoms with Crippen molar-refractivity contribution < 1.29 is 14.3 Å². The van der Waals surface area contributed by atoms with Gasteiger partial charge in [0.1, 0.15) is 12.0 Å². The molecule has 0 unspecified atom stereocenters. The van der Waals surface area contributed by atoms with Crippen molar-refractivity contribution in [1.82, 2.24) is 0 Å². The average molecular weight is 242 g/mol. The van der Waals surface area contributed by atoms with Crippen LogP contribution in [0.25, 0.3) is 11.1 Å². The molecule has 0 saturated carbocycles. The molecule has 3 nitrogen and oxygen atoms in total. The van der Waals surface area contributed by atoms with Gasteiger partial charge in [-0.15, -0.1) is 0 Å². The molecule has 0 radical (unpaired) electrons. The summed E-state index contributed by atoms with van der Waals surface area (Å²) in [7, 11) is 1.58. The molecule has 2 rings (SSSR count). The summed E-state index contributed by atoms with van der Waals surface area (Å²) < 4.78 is 10.4. The molecule has 0 aliphatic rings. The van der Waals surface area contributed by atoms with E-state index < -0.39 is 0 Å². The van der Waals surface area contributed by atoms with E-state index in [1.54, 1.807) is 19.2 Å². The number of ether oxygens (including phenoxy) is 2. The Bertz CT molecular complexity index is 518.